The van der Waals surface area contributed by atoms with Gasteiger partial charge in [-0.3, -0.25) is 9.59 Å². The number of nitrogens with zero attached hydrogens (tertiary/aromatic N) is 2. The van der Waals surface area contributed by atoms with Crippen LogP contribution in [-0.4, -0.2) is 22.2 Å². The van der Waals surface area contributed by atoms with Gasteiger partial charge < -0.3 is 15.0 Å². The number of ether oxygens (including phenoxy) is 1. The van der Waals surface area contributed by atoms with Crippen LogP contribution in [0.15, 0.2) is 76.7 Å². The number of H-pyrrole nitrogens is 1. The first-order valence-electron chi connectivity index (χ1n) is 10.9. The number of amides is 1. The molecule has 1 amide bonds. The van der Waals surface area contributed by atoms with E-state index < -0.39 is 17.7 Å². The first-order chi connectivity index (χ1) is 18.5. The summed E-state index contributed by atoms with van der Waals surface area (Å²) in [6, 6.07) is 16.3. The molecule has 0 saturated heterocycles. The summed E-state index contributed by atoms with van der Waals surface area (Å²) in [6.07, 6.45) is -4.85. The van der Waals surface area contributed by atoms with Crippen molar-refractivity contribution in [3.8, 4) is 17.0 Å². The van der Waals surface area contributed by atoms with E-state index in [2.05, 4.69) is 24.9 Å². The Balaban J connectivity index is 1.50. The van der Waals surface area contributed by atoms with Gasteiger partial charge in [0.1, 0.15) is 5.75 Å². The van der Waals surface area contributed by atoms with Crippen LogP contribution in [0.2, 0.25) is 10.0 Å². The van der Waals surface area contributed by atoms with Crippen molar-refractivity contribution in [2.75, 3.05) is 5.32 Å². The highest BCUT2D eigenvalue weighted by atomic mass is 35.5. The van der Waals surface area contributed by atoms with Crippen molar-refractivity contribution in [2.45, 2.75) is 17.3 Å². The molecule has 3 aromatic carbocycles. The summed E-state index contributed by atoms with van der Waals surface area (Å²) in [6.45, 7) is 7.34. The van der Waals surface area contributed by atoms with Crippen molar-refractivity contribution in [1.29, 1.82) is 0 Å². The number of anilines is 1. The zero-order valence-electron chi connectivity index (χ0n) is 19.5. The molecule has 0 bridgehead atoms. The molecule has 7 nitrogen and oxygen atoms in total. The van der Waals surface area contributed by atoms with Crippen LogP contribution < -0.4 is 15.6 Å². The Morgan fingerprint density at radius 2 is 1.82 bits per heavy atom. The summed E-state index contributed by atoms with van der Waals surface area (Å²) < 4.78 is 41.2. The van der Waals surface area contributed by atoms with Crippen molar-refractivity contribution in [3.63, 3.8) is 0 Å². The zero-order chi connectivity index (χ0) is 28.2. The fourth-order valence-electron chi connectivity index (χ4n) is 3.37. The van der Waals surface area contributed by atoms with Crippen LogP contribution in [0.4, 0.5) is 24.5 Å². The molecule has 4 aromatic rings. The smallest absolute Gasteiger partial charge is 0.406 e. The number of hydrogen-bond acceptors (Lipinski definition) is 5. The monoisotopic (exact) mass is 590 g/mol. The molecule has 0 fully saturated rings. The second-order valence-corrected chi connectivity index (χ2v) is 9.60. The maximum absolute atomic E-state index is 12.6. The molecule has 2 N–H and O–H groups in total. The highest BCUT2D eigenvalue weighted by Crippen LogP contribution is 2.31. The Morgan fingerprint density at radius 3 is 2.49 bits per heavy atom. The lowest BCUT2D eigenvalue weighted by Crippen LogP contribution is -2.17. The number of aromatic nitrogens is 2. The normalized spacial score (nSPS) is 11.1. The summed E-state index contributed by atoms with van der Waals surface area (Å²) in [5.41, 5.74) is 0.964. The Morgan fingerprint density at radius 1 is 1.08 bits per heavy atom. The fraction of sp³-hybridized carbons (Fsp3) is 0.0769. The highest BCUT2D eigenvalue weighted by Gasteiger charge is 2.31. The van der Waals surface area contributed by atoms with Gasteiger partial charge >= 0.3 is 6.36 Å². The van der Waals surface area contributed by atoms with Gasteiger partial charge in [0.2, 0.25) is 0 Å². The molecule has 1 aromatic heterocycles. The second-order valence-electron chi connectivity index (χ2n) is 7.82. The van der Waals surface area contributed by atoms with Crippen LogP contribution in [0, 0.1) is 6.57 Å². The number of alkyl halides is 3. The third kappa shape index (κ3) is 7.32. The van der Waals surface area contributed by atoms with Crippen molar-refractivity contribution in [3.05, 3.63) is 110 Å². The summed E-state index contributed by atoms with van der Waals surface area (Å²) in [5.74, 6) is -0.481. The molecule has 0 atom stereocenters. The number of thioether (sulfide) groups is 1. The van der Waals surface area contributed by atoms with Gasteiger partial charge in [0.05, 0.1) is 22.3 Å². The Kier molecular flexibility index (Phi) is 8.50. The van der Waals surface area contributed by atoms with E-state index in [1.807, 2.05) is 6.07 Å². The number of rotatable bonds is 7. The molecule has 4 rings (SSSR count). The number of carbonyl (C=O) groups excluding carboxylic acids is 1. The van der Waals surface area contributed by atoms with Gasteiger partial charge in [0.15, 0.2) is 5.16 Å². The van der Waals surface area contributed by atoms with E-state index in [1.54, 1.807) is 24.3 Å². The van der Waals surface area contributed by atoms with Gasteiger partial charge in [0.25, 0.3) is 17.2 Å². The van der Waals surface area contributed by atoms with E-state index in [0.29, 0.717) is 22.0 Å². The minimum atomic E-state index is -4.85. The van der Waals surface area contributed by atoms with Gasteiger partial charge in [0, 0.05) is 17.0 Å². The number of halogens is 5. The van der Waals surface area contributed by atoms with Gasteiger partial charge in [-0.1, -0.05) is 59.2 Å². The van der Waals surface area contributed by atoms with Gasteiger partial charge in [-0.25, -0.2) is 9.83 Å². The molecule has 0 radical (unpaired) electrons. The average Bonchev–Trinajstić information content (AvgIpc) is 2.88. The molecule has 198 valence electrons. The van der Waals surface area contributed by atoms with E-state index in [0.717, 1.165) is 17.7 Å². The lowest BCUT2D eigenvalue weighted by Gasteiger charge is -2.11. The molecule has 13 heteroatoms. The summed E-state index contributed by atoms with van der Waals surface area (Å²) in [7, 11) is 0. The van der Waals surface area contributed by atoms with Gasteiger partial charge in [-0.15, -0.1) is 13.2 Å². The van der Waals surface area contributed by atoms with Crippen molar-refractivity contribution < 1.29 is 22.7 Å². The predicted molar refractivity (Wildman–Crippen MR) is 144 cm³/mol. The van der Waals surface area contributed by atoms with E-state index in [9.17, 15) is 22.8 Å². The maximum Gasteiger partial charge on any atom is 0.573 e. The number of hydrogen-bond donors (Lipinski definition) is 2. The molecular formula is C26H15Cl2F3N4O3S. The lowest BCUT2D eigenvalue weighted by molar-refractivity contribution is -0.274. The van der Waals surface area contributed by atoms with Crippen LogP contribution >= 0.6 is 35.0 Å². The standard InChI is InChI=1S/C26H15Cl2F3N4O3S/c1-32-22-21(15-5-8-18(9-6-15)38-26(29,30)31)34-25(35-24(22)37)39-13-14-3-2-4-17(11-14)33-23(36)16-7-10-19(27)20(28)12-16/h2-12H,13H2,(H,33,36)(H,34,35,37). The molecule has 0 aliphatic heterocycles. The molecule has 39 heavy (non-hydrogen) atoms. The number of carbonyl (C=O) groups is 1. The third-order valence-electron chi connectivity index (χ3n) is 5.09. The maximum atomic E-state index is 12.6. The summed E-state index contributed by atoms with van der Waals surface area (Å²) in [5, 5.41) is 3.56. The molecule has 0 aliphatic carbocycles. The fourth-order valence-corrected chi connectivity index (χ4v) is 4.47. The van der Waals surface area contributed by atoms with E-state index in [-0.39, 0.29) is 33.0 Å². The topological polar surface area (TPSA) is 88.4 Å². The minimum absolute atomic E-state index is 0.0254. The summed E-state index contributed by atoms with van der Waals surface area (Å²) in [4.78, 5) is 35.2. The molecular weight excluding hydrogens is 576 g/mol. The largest absolute Gasteiger partial charge is 0.573 e. The Hall–Kier alpha value is -3.98. The zero-order valence-corrected chi connectivity index (χ0v) is 21.8. The van der Waals surface area contributed by atoms with Crippen molar-refractivity contribution >= 4 is 52.2 Å². The Bertz CT molecular complexity index is 1640. The van der Waals surface area contributed by atoms with Crippen LogP contribution in [-0.2, 0) is 5.75 Å². The predicted octanol–water partition coefficient (Wildman–Crippen LogP) is 7.74. The first-order valence-corrected chi connectivity index (χ1v) is 12.6. The average molecular weight is 591 g/mol. The molecule has 0 saturated carbocycles. The SMILES string of the molecule is [C-]#[N+]c1c(-c2ccc(OC(F)(F)F)cc2)nc(SCc2cccc(NC(=O)c3ccc(Cl)c(Cl)c3)c2)[nH]c1=O. The lowest BCUT2D eigenvalue weighted by atomic mass is 10.1. The van der Waals surface area contributed by atoms with Crippen LogP contribution in [0.1, 0.15) is 15.9 Å². The number of nitrogens with one attached hydrogen (secondary N) is 2. The van der Waals surface area contributed by atoms with E-state index in [4.69, 9.17) is 29.8 Å². The molecule has 0 aliphatic rings. The van der Waals surface area contributed by atoms with Crippen LogP contribution in [0.3, 0.4) is 0 Å². The quantitative estimate of drug-likeness (QED) is 0.130. The van der Waals surface area contributed by atoms with Crippen LogP contribution in [0.25, 0.3) is 16.1 Å². The summed E-state index contributed by atoms with van der Waals surface area (Å²) >= 11 is 13.1. The number of aromatic amines is 1. The van der Waals surface area contributed by atoms with Gasteiger partial charge in [-0.05, 0) is 53.6 Å². The first kappa shape index (κ1) is 28.0. The minimum Gasteiger partial charge on any atom is -0.406 e. The highest BCUT2D eigenvalue weighted by molar-refractivity contribution is 7.98. The van der Waals surface area contributed by atoms with E-state index >= 15 is 0 Å². The molecule has 0 spiro atoms. The second kappa shape index (κ2) is 11.8. The van der Waals surface area contributed by atoms with Gasteiger partial charge in [-0.2, -0.15) is 0 Å². The van der Waals surface area contributed by atoms with Crippen molar-refractivity contribution in [1.82, 2.24) is 9.97 Å². The third-order valence-corrected chi connectivity index (χ3v) is 6.77. The molecule has 1 heterocycles. The van der Waals surface area contributed by atoms with Crippen LogP contribution in [0.5, 0.6) is 5.75 Å². The van der Waals surface area contributed by atoms with Crippen molar-refractivity contribution in [2.24, 2.45) is 0 Å². The number of benzene rings is 3. The van der Waals surface area contributed by atoms with E-state index in [1.165, 1.54) is 36.0 Å². The Labute approximate surface area is 233 Å². The molecule has 0 unspecified atom stereocenters.